The van der Waals surface area contributed by atoms with Crippen molar-refractivity contribution >= 4 is 20.0 Å². The van der Waals surface area contributed by atoms with Gasteiger partial charge in [0.1, 0.15) is 0 Å². The summed E-state index contributed by atoms with van der Waals surface area (Å²) in [6.07, 6.45) is 0. The first-order valence-corrected chi connectivity index (χ1v) is 15.2. The zero-order chi connectivity index (χ0) is 27.3. The highest BCUT2D eigenvalue weighted by Crippen LogP contribution is 2.27. The van der Waals surface area contributed by atoms with E-state index in [9.17, 15) is 16.8 Å². The molecule has 8 heteroatoms. The molecule has 0 aliphatic carbocycles. The third-order valence-electron chi connectivity index (χ3n) is 6.26. The highest BCUT2D eigenvalue weighted by molar-refractivity contribution is 7.89. The van der Waals surface area contributed by atoms with E-state index in [1.165, 1.54) is 14.7 Å². The summed E-state index contributed by atoms with van der Waals surface area (Å²) >= 11 is 0. The fraction of sp³-hybridized carbons (Fsp3) is 0.200. The molecule has 0 spiro atoms. The van der Waals surface area contributed by atoms with Gasteiger partial charge in [-0.2, -0.15) is 8.61 Å². The first kappa shape index (κ1) is 27.7. The summed E-state index contributed by atoms with van der Waals surface area (Å²) in [6.45, 7) is 4.22. The van der Waals surface area contributed by atoms with Gasteiger partial charge in [-0.05, 0) is 66.4 Å². The molecule has 0 saturated heterocycles. The lowest BCUT2D eigenvalue weighted by Gasteiger charge is -2.26. The maximum Gasteiger partial charge on any atom is 0.243 e. The highest BCUT2D eigenvalue weighted by atomic mass is 32.2. The van der Waals surface area contributed by atoms with Crippen LogP contribution in [0.3, 0.4) is 0 Å². The van der Waals surface area contributed by atoms with Gasteiger partial charge >= 0.3 is 0 Å². The van der Waals surface area contributed by atoms with Gasteiger partial charge in [0, 0.05) is 26.2 Å². The number of benzene rings is 4. The molecule has 1 radical (unpaired) electrons. The van der Waals surface area contributed by atoms with Gasteiger partial charge in [-0.1, -0.05) is 78.9 Å². The fourth-order valence-corrected chi connectivity index (χ4v) is 6.94. The molecule has 197 valence electrons. The molecular formula is C30H31N2O4S2. The Bertz CT molecular complexity index is 1570. The van der Waals surface area contributed by atoms with E-state index >= 15 is 0 Å². The molecule has 0 aliphatic rings. The number of rotatable bonds is 10. The van der Waals surface area contributed by atoms with E-state index in [4.69, 9.17) is 0 Å². The van der Waals surface area contributed by atoms with Crippen molar-refractivity contribution in [2.45, 2.75) is 42.8 Å². The summed E-state index contributed by atoms with van der Waals surface area (Å²) in [5.74, 6) is 0. The van der Waals surface area contributed by atoms with Gasteiger partial charge in [0.15, 0.2) is 0 Å². The minimum Gasteiger partial charge on any atom is -0.207 e. The maximum absolute atomic E-state index is 13.5. The Morgan fingerprint density at radius 1 is 0.684 bits per heavy atom. The predicted octanol–water partition coefficient (Wildman–Crippen LogP) is 5.57. The molecule has 0 bridgehead atoms. The molecule has 0 aromatic heterocycles. The Kier molecular flexibility index (Phi) is 8.47. The van der Waals surface area contributed by atoms with Crippen molar-refractivity contribution in [3.8, 4) is 11.1 Å². The highest BCUT2D eigenvalue weighted by Gasteiger charge is 2.27. The average molecular weight is 548 g/mol. The van der Waals surface area contributed by atoms with Crippen LogP contribution in [0.4, 0.5) is 0 Å². The number of sulfonamides is 2. The summed E-state index contributed by atoms with van der Waals surface area (Å²) in [5, 5.41) is 0. The third-order valence-corrected chi connectivity index (χ3v) is 10.1. The number of hydrogen-bond donors (Lipinski definition) is 0. The smallest absolute Gasteiger partial charge is 0.207 e. The lowest BCUT2D eigenvalue weighted by molar-refractivity contribution is 0.348. The Morgan fingerprint density at radius 3 is 1.79 bits per heavy atom. The molecule has 0 heterocycles. The quantitative estimate of drug-likeness (QED) is 0.260. The minimum absolute atomic E-state index is 0.148. The molecule has 4 aromatic carbocycles. The molecule has 0 amide bonds. The van der Waals surface area contributed by atoms with E-state index in [0.717, 1.165) is 11.1 Å². The van der Waals surface area contributed by atoms with Crippen molar-refractivity contribution in [1.29, 1.82) is 0 Å². The molecule has 38 heavy (non-hydrogen) atoms. The van der Waals surface area contributed by atoms with E-state index in [1.807, 2.05) is 74.5 Å². The summed E-state index contributed by atoms with van der Waals surface area (Å²) in [5.41, 5.74) is 3.03. The molecule has 0 aliphatic heterocycles. The van der Waals surface area contributed by atoms with E-state index in [1.54, 1.807) is 43.4 Å². The SMILES string of the molecule is CC(C)N(Cc1ccccc1)S(=O)(=O)c1ccc(-c2[c]ccc(S(=O)(=O)N(C)Cc3ccccc3)c2)cc1. The molecule has 0 unspecified atom stereocenters. The van der Waals surface area contributed by atoms with Gasteiger partial charge < -0.3 is 0 Å². The van der Waals surface area contributed by atoms with Crippen LogP contribution in [0.2, 0.25) is 0 Å². The standard InChI is InChI=1S/C30H31N2O4S2/c1-24(2)32(23-26-13-8-5-9-14-26)38(35,36)29-19-17-27(18-20-29)28-15-10-16-30(21-28)37(33,34)31(3)22-25-11-6-4-7-12-25/h4-14,16-21,24H,22-23H2,1-3H3. The average Bonchev–Trinajstić information content (AvgIpc) is 2.92. The van der Waals surface area contributed by atoms with Crippen LogP contribution < -0.4 is 0 Å². The molecule has 4 rings (SSSR count). The summed E-state index contributed by atoms with van der Waals surface area (Å²) < 4.78 is 56.2. The van der Waals surface area contributed by atoms with Crippen LogP contribution in [-0.2, 0) is 33.1 Å². The monoisotopic (exact) mass is 547 g/mol. The van der Waals surface area contributed by atoms with E-state index in [-0.39, 0.29) is 28.9 Å². The number of hydrogen-bond acceptors (Lipinski definition) is 4. The van der Waals surface area contributed by atoms with Crippen LogP contribution in [0.5, 0.6) is 0 Å². The van der Waals surface area contributed by atoms with Gasteiger partial charge in [0.25, 0.3) is 0 Å². The zero-order valence-electron chi connectivity index (χ0n) is 21.7. The van der Waals surface area contributed by atoms with Gasteiger partial charge in [0.05, 0.1) is 9.79 Å². The Balaban J connectivity index is 1.57. The molecule has 4 aromatic rings. The van der Waals surface area contributed by atoms with Crippen molar-refractivity contribution in [2.75, 3.05) is 7.05 Å². The van der Waals surface area contributed by atoms with Gasteiger partial charge in [-0.25, -0.2) is 16.8 Å². The molecule has 0 fully saturated rings. The van der Waals surface area contributed by atoms with Gasteiger partial charge in [-0.15, -0.1) is 0 Å². The normalized spacial score (nSPS) is 12.4. The van der Waals surface area contributed by atoms with E-state index < -0.39 is 20.0 Å². The second-order valence-electron chi connectivity index (χ2n) is 9.34. The minimum atomic E-state index is -3.75. The predicted molar refractivity (Wildman–Crippen MR) is 150 cm³/mol. The zero-order valence-corrected chi connectivity index (χ0v) is 23.3. The van der Waals surface area contributed by atoms with Crippen molar-refractivity contribution in [1.82, 2.24) is 8.61 Å². The van der Waals surface area contributed by atoms with Crippen molar-refractivity contribution in [3.05, 3.63) is 120 Å². The molecule has 0 N–H and O–H groups in total. The number of nitrogens with zero attached hydrogens (tertiary/aromatic N) is 2. The van der Waals surface area contributed by atoms with Crippen LogP contribution >= 0.6 is 0 Å². The first-order valence-electron chi connectivity index (χ1n) is 12.3. The Morgan fingerprint density at radius 2 is 1.24 bits per heavy atom. The Labute approximate surface area is 226 Å². The van der Waals surface area contributed by atoms with Crippen LogP contribution in [-0.4, -0.2) is 38.5 Å². The van der Waals surface area contributed by atoms with Crippen molar-refractivity contribution in [2.24, 2.45) is 0 Å². The second-order valence-corrected chi connectivity index (χ2v) is 13.3. The largest absolute Gasteiger partial charge is 0.243 e. The second kappa shape index (κ2) is 11.6. The van der Waals surface area contributed by atoms with E-state index in [0.29, 0.717) is 11.1 Å². The van der Waals surface area contributed by atoms with Gasteiger partial charge in [0.2, 0.25) is 20.0 Å². The van der Waals surface area contributed by atoms with Crippen LogP contribution in [0.1, 0.15) is 25.0 Å². The van der Waals surface area contributed by atoms with Crippen molar-refractivity contribution in [3.63, 3.8) is 0 Å². The first-order chi connectivity index (χ1) is 18.1. The summed E-state index contributed by atoms with van der Waals surface area (Å²) in [6, 6.07) is 32.9. The summed E-state index contributed by atoms with van der Waals surface area (Å²) in [4.78, 5) is 0.326. The molecule has 6 nitrogen and oxygen atoms in total. The third kappa shape index (κ3) is 6.22. The lowest BCUT2D eigenvalue weighted by atomic mass is 10.1. The molecule has 0 saturated carbocycles. The fourth-order valence-electron chi connectivity index (χ4n) is 4.13. The molecule has 0 atom stereocenters. The molecular weight excluding hydrogens is 516 g/mol. The lowest BCUT2D eigenvalue weighted by Crippen LogP contribution is -2.36. The Hall–Kier alpha value is -3.30. The van der Waals surface area contributed by atoms with Crippen molar-refractivity contribution < 1.29 is 16.8 Å². The van der Waals surface area contributed by atoms with Crippen LogP contribution in [0, 0.1) is 6.07 Å². The van der Waals surface area contributed by atoms with Crippen LogP contribution in [0.25, 0.3) is 11.1 Å². The maximum atomic E-state index is 13.5. The summed E-state index contributed by atoms with van der Waals surface area (Å²) in [7, 11) is -5.94. The van der Waals surface area contributed by atoms with E-state index in [2.05, 4.69) is 6.07 Å². The van der Waals surface area contributed by atoms with Crippen LogP contribution in [0.15, 0.2) is 113 Å². The van der Waals surface area contributed by atoms with Gasteiger partial charge in [-0.3, -0.25) is 0 Å². The topological polar surface area (TPSA) is 74.8 Å².